The molecule has 0 bridgehead atoms. The molecule has 0 N–H and O–H groups in total. The van der Waals surface area contributed by atoms with Crippen molar-refractivity contribution >= 4 is 28.3 Å². The van der Waals surface area contributed by atoms with Gasteiger partial charge in [-0.15, -0.1) is 0 Å². The Bertz CT molecular complexity index is 1200. The average Bonchev–Trinajstić information content (AvgIpc) is 2.83. The fourth-order valence-electron chi connectivity index (χ4n) is 4.12. The Morgan fingerprint density at radius 1 is 1.03 bits per heavy atom. The second-order valence-electron chi connectivity index (χ2n) is 7.98. The van der Waals surface area contributed by atoms with E-state index in [0.29, 0.717) is 23.9 Å². The Morgan fingerprint density at radius 2 is 1.78 bits per heavy atom. The number of fused-ring (bicyclic) bond motifs is 2. The molecule has 0 radical (unpaired) electrons. The number of anilines is 1. The van der Waals surface area contributed by atoms with Gasteiger partial charge >= 0.3 is 5.97 Å². The van der Waals surface area contributed by atoms with Crippen LogP contribution in [0.4, 0.5) is 5.69 Å². The summed E-state index contributed by atoms with van der Waals surface area (Å²) in [6, 6.07) is 14.6. The predicted octanol–water partition coefficient (Wildman–Crippen LogP) is 3.72. The minimum Gasteiger partial charge on any atom is -0.451 e. The standard InChI is InChI=1S/C25H27N3O4/c1-2-3-8-16-28-24(30)20-13-6-5-12-19(20)23(26-28)25(31)32-17-22(29)27-15-9-11-18-10-4-7-14-21(18)27/h4-7,10,12-14H,2-3,8-9,11,15-17H2,1H3. The smallest absolute Gasteiger partial charge is 0.359 e. The summed E-state index contributed by atoms with van der Waals surface area (Å²) < 4.78 is 6.71. The monoisotopic (exact) mass is 433 g/mol. The minimum atomic E-state index is -0.705. The molecule has 2 heterocycles. The van der Waals surface area contributed by atoms with Crippen LogP contribution in [0.1, 0.15) is 48.7 Å². The van der Waals surface area contributed by atoms with Crippen molar-refractivity contribution in [2.24, 2.45) is 0 Å². The molecule has 7 heteroatoms. The van der Waals surface area contributed by atoms with E-state index in [2.05, 4.69) is 12.0 Å². The molecule has 3 aromatic rings. The number of unbranched alkanes of at least 4 members (excludes halogenated alkanes) is 2. The van der Waals surface area contributed by atoms with Crippen molar-refractivity contribution in [2.45, 2.75) is 45.6 Å². The van der Waals surface area contributed by atoms with Gasteiger partial charge in [-0.2, -0.15) is 5.10 Å². The average molecular weight is 434 g/mol. The van der Waals surface area contributed by atoms with Crippen LogP contribution in [-0.4, -0.2) is 34.8 Å². The van der Waals surface area contributed by atoms with Crippen molar-refractivity contribution in [3.63, 3.8) is 0 Å². The molecule has 32 heavy (non-hydrogen) atoms. The third-order valence-corrected chi connectivity index (χ3v) is 5.77. The number of rotatable bonds is 7. The zero-order valence-corrected chi connectivity index (χ0v) is 18.3. The largest absolute Gasteiger partial charge is 0.451 e. The Morgan fingerprint density at radius 3 is 2.59 bits per heavy atom. The number of ether oxygens (including phenoxy) is 1. The molecular formula is C25H27N3O4. The van der Waals surface area contributed by atoms with E-state index in [4.69, 9.17) is 4.74 Å². The summed E-state index contributed by atoms with van der Waals surface area (Å²) in [5.74, 6) is -0.977. The number of esters is 1. The fourth-order valence-corrected chi connectivity index (χ4v) is 4.12. The Hall–Kier alpha value is -3.48. The van der Waals surface area contributed by atoms with Crippen molar-refractivity contribution in [3.8, 4) is 0 Å². The number of nitrogens with zero attached hydrogens (tertiary/aromatic N) is 3. The van der Waals surface area contributed by atoms with E-state index < -0.39 is 5.97 Å². The van der Waals surface area contributed by atoms with E-state index in [0.717, 1.165) is 43.4 Å². The van der Waals surface area contributed by atoms with Crippen LogP contribution in [0.5, 0.6) is 0 Å². The minimum absolute atomic E-state index is 0.0588. The molecule has 0 unspecified atom stereocenters. The molecule has 166 valence electrons. The van der Waals surface area contributed by atoms with Crippen LogP contribution in [0.2, 0.25) is 0 Å². The highest BCUT2D eigenvalue weighted by atomic mass is 16.5. The van der Waals surface area contributed by atoms with Gasteiger partial charge in [-0.05, 0) is 37.0 Å². The maximum absolute atomic E-state index is 12.9. The maximum Gasteiger partial charge on any atom is 0.359 e. The highest BCUT2D eigenvalue weighted by Gasteiger charge is 2.24. The van der Waals surface area contributed by atoms with Crippen LogP contribution in [-0.2, 0) is 22.5 Å². The lowest BCUT2D eigenvalue weighted by molar-refractivity contribution is -0.121. The Kier molecular flexibility index (Phi) is 6.63. The molecule has 1 amide bonds. The van der Waals surface area contributed by atoms with Crippen LogP contribution < -0.4 is 10.5 Å². The quantitative estimate of drug-likeness (QED) is 0.419. The van der Waals surface area contributed by atoms with E-state index >= 15 is 0 Å². The van der Waals surface area contributed by atoms with Crippen molar-refractivity contribution in [2.75, 3.05) is 18.1 Å². The zero-order chi connectivity index (χ0) is 22.5. The van der Waals surface area contributed by atoms with Gasteiger partial charge in [0.2, 0.25) is 0 Å². The van der Waals surface area contributed by atoms with E-state index in [-0.39, 0.29) is 23.8 Å². The van der Waals surface area contributed by atoms with E-state index in [1.807, 2.05) is 24.3 Å². The number of para-hydroxylation sites is 1. The van der Waals surface area contributed by atoms with Crippen LogP contribution in [0, 0.1) is 0 Å². The van der Waals surface area contributed by atoms with Crippen LogP contribution >= 0.6 is 0 Å². The zero-order valence-electron chi connectivity index (χ0n) is 18.3. The molecule has 2 aromatic carbocycles. The lowest BCUT2D eigenvalue weighted by Crippen LogP contribution is -2.38. The van der Waals surface area contributed by atoms with Crippen LogP contribution in [0.3, 0.4) is 0 Å². The van der Waals surface area contributed by atoms with Crippen molar-refractivity contribution in [3.05, 3.63) is 70.1 Å². The number of amides is 1. The number of carbonyl (C=O) groups excluding carboxylic acids is 2. The van der Waals surface area contributed by atoms with Gasteiger partial charge in [0, 0.05) is 24.2 Å². The number of carbonyl (C=O) groups is 2. The van der Waals surface area contributed by atoms with Gasteiger partial charge in [0.25, 0.3) is 11.5 Å². The summed E-state index contributed by atoms with van der Waals surface area (Å²) in [5.41, 5.74) is 1.82. The lowest BCUT2D eigenvalue weighted by atomic mass is 10.0. The third-order valence-electron chi connectivity index (χ3n) is 5.77. The topological polar surface area (TPSA) is 81.5 Å². The van der Waals surface area contributed by atoms with Gasteiger partial charge in [0.05, 0.1) is 5.39 Å². The molecule has 0 saturated heterocycles. The molecule has 0 atom stereocenters. The Balaban J connectivity index is 1.54. The molecule has 4 rings (SSSR count). The first kappa shape index (κ1) is 21.7. The lowest BCUT2D eigenvalue weighted by Gasteiger charge is -2.29. The van der Waals surface area contributed by atoms with E-state index in [1.54, 1.807) is 29.2 Å². The van der Waals surface area contributed by atoms with Gasteiger partial charge in [0.1, 0.15) is 0 Å². The highest BCUT2D eigenvalue weighted by Crippen LogP contribution is 2.26. The number of aromatic nitrogens is 2. The van der Waals surface area contributed by atoms with Gasteiger partial charge in [-0.25, -0.2) is 9.48 Å². The first-order valence-corrected chi connectivity index (χ1v) is 11.2. The molecule has 0 fully saturated rings. The third kappa shape index (κ3) is 4.42. The second kappa shape index (κ2) is 9.77. The molecular weight excluding hydrogens is 406 g/mol. The maximum atomic E-state index is 12.9. The van der Waals surface area contributed by atoms with Gasteiger partial charge in [-0.3, -0.25) is 9.59 Å². The molecule has 7 nitrogen and oxygen atoms in total. The summed E-state index contributed by atoms with van der Waals surface area (Å²) >= 11 is 0. The summed E-state index contributed by atoms with van der Waals surface area (Å²) in [6.07, 6.45) is 4.56. The number of benzene rings is 2. The molecule has 0 aliphatic carbocycles. The number of hydrogen-bond acceptors (Lipinski definition) is 5. The summed E-state index contributed by atoms with van der Waals surface area (Å²) in [6.45, 7) is 2.73. The van der Waals surface area contributed by atoms with Crippen molar-refractivity contribution in [1.82, 2.24) is 9.78 Å². The van der Waals surface area contributed by atoms with Gasteiger partial charge in [-0.1, -0.05) is 56.2 Å². The number of aryl methyl sites for hydroxylation is 2. The molecule has 1 aromatic heterocycles. The first-order valence-electron chi connectivity index (χ1n) is 11.2. The normalized spacial score (nSPS) is 13.1. The predicted molar refractivity (Wildman–Crippen MR) is 123 cm³/mol. The summed E-state index contributed by atoms with van der Waals surface area (Å²) in [4.78, 5) is 40.2. The van der Waals surface area contributed by atoms with Gasteiger partial charge < -0.3 is 9.64 Å². The molecule has 0 saturated carbocycles. The van der Waals surface area contributed by atoms with E-state index in [1.165, 1.54) is 4.68 Å². The van der Waals surface area contributed by atoms with Crippen molar-refractivity contribution in [1.29, 1.82) is 0 Å². The van der Waals surface area contributed by atoms with Crippen molar-refractivity contribution < 1.29 is 14.3 Å². The van der Waals surface area contributed by atoms with Crippen LogP contribution in [0.25, 0.3) is 10.8 Å². The van der Waals surface area contributed by atoms with Gasteiger partial charge in [0.15, 0.2) is 12.3 Å². The first-order chi connectivity index (χ1) is 15.6. The Labute approximate surface area is 186 Å². The van der Waals surface area contributed by atoms with E-state index in [9.17, 15) is 14.4 Å². The molecule has 1 aliphatic heterocycles. The molecule has 0 spiro atoms. The summed E-state index contributed by atoms with van der Waals surface area (Å²) in [7, 11) is 0. The molecule has 1 aliphatic rings. The highest BCUT2D eigenvalue weighted by molar-refractivity contribution is 6.03. The SMILES string of the molecule is CCCCCn1nc(C(=O)OCC(=O)N2CCCc3ccccc32)c2ccccc2c1=O. The van der Waals surface area contributed by atoms with Crippen LogP contribution in [0.15, 0.2) is 53.3 Å². The fraction of sp³-hybridized carbons (Fsp3) is 0.360. The number of hydrogen-bond donors (Lipinski definition) is 0. The summed E-state index contributed by atoms with van der Waals surface area (Å²) in [5, 5.41) is 5.16. The second-order valence-corrected chi connectivity index (χ2v) is 7.98.